The molecule has 0 saturated heterocycles. The lowest BCUT2D eigenvalue weighted by molar-refractivity contribution is 0.787. The van der Waals surface area contributed by atoms with Crippen molar-refractivity contribution in [3.05, 3.63) is 35.9 Å². The van der Waals surface area contributed by atoms with Gasteiger partial charge in [-0.05, 0) is 31.0 Å². The number of rotatable bonds is 2. The summed E-state index contributed by atoms with van der Waals surface area (Å²) >= 11 is 0. The fraction of sp³-hybridized carbons (Fsp3) is 0.250. The predicted octanol–water partition coefficient (Wildman–Crippen LogP) is 2.27. The van der Waals surface area contributed by atoms with Crippen molar-refractivity contribution in [3.8, 4) is 6.07 Å². The van der Waals surface area contributed by atoms with E-state index in [9.17, 15) is 0 Å². The largest absolute Gasteiger partial charge is 0.398 e. The molecule has 3 heteroatoms. The topological polar surface area (TPSA) is 61.8 Å². The van der Waals surface area contributed by atoms with Crippen molar-refractivity contribution in [1.82, 2.24) is 0 Å². The lowest BCUT2D eigenvalue weighted by Gasteiger charge is -2.14. The molecule has 0 unspecified atom stereocenters. The van der Waals surface area contributed by atoms with Gasteiger partial charge in [0.25, 0.3) is 0 Å². The van der Waals surface area contributed by atoms with Crippen molar-refractivity contribution in [2.45, 2.75) is 18.9 Å². The van der Waals surface area contributed by atoms with Gasteiger partial charge in [0.05, 0.1) is 11.3 Å². The molecule has 0 atom stereocenters. The van der Waals surface area contributed by atoms with Gasteiger partial charge < -0.3 is 11.1 Å². The molecule has 0 aliphatic heterocycles. The standard InChI is InChI=1S/C12H13N3/c13-8-9-5-6-11(7-12(9)14)15-10-3-1-2-4-10/h1-2,5-7,10,15H,3-4,14H2. The first kappa shape index (κ1) is 9.60. The Morgan fingerprint density at radius 2 is 2.07 bits per heavy atom. The number of nitrogens with zero attached hydrogens (tertiary/aromatic N) is 1. The Morgan fingerprint density at radius 1 is 1.33 bits per heavy atom. The highest BCUT2D eigenvalue weighted by Crippen LogP contribution is 2.21. The molecule has 1 aliphatic carbocycles. The van der Waals surface area contributed by atoms with Crippen LogP contribution in [0.2, 0.25) is 0 Å². The Balaban J connectivity index is 2.10. The van der Waals surface area contributed by atoms with Gasteiger partial charge in [0.1, 0.15) is 6.07 Å². The highest BCUT2D eigenvalue weighted by molar-refractivity contribution is 5.63. The van der Waals surface area contributed by atoms with E-state index in [1.165, 1.54) is 0 Å². The molecule has 0 fully saturated rings. The summed E-state index contributed by atoms with van der Waals surface area (Å²) in [5, 5.41) is 12.1. The highest BCUT2D eigenvalue weighted by Gasteiger charge is 2.09. The minimum atomic E-state index is 0.470. The zero-order valence-electron chi connectivity index (χ0n) is 8.40. The average molecular weight is 199 g/mol. The maximum atomic E-state index is 8.73. The first-order chi connectivity index (χ1) is 7.29. The number of nitrogens with one attached hydrogen (secondary N) is 1. The van der Waals surface area contributed by atoms with Crippen molar-refractivity contribution >= 4 is 11.4 Å². The first-order valence-electron chi connectivity index (χ1n) is 5.01. The minimum absolute atomic E-state index is 0.470. The molecule has 0 aromatic heterocycles. The van der Waals surface area contributed by atoms with Crippen molar-refractivity contribution in [3.63, 3.8) is 0 Å². The van der Waals surface area contributed by atoms with Crippen molar-refractivity contribution < 1.29 is 0 Å². The lowest BCUT2D eigenvalue weighted by atomic mass is 10.1. The Bertz CT molecular complexity index is 421. The number of nitriles is 1. The lowest BCUT2D eigenvalue weighted by Crippen LogP contribution is -2.15. The molecule has 15 heavy (non-hydrogen) atoms. The van der Waals surface area contributed by atoms with Crippen LogP contribution in [0.1, 0.15) is 18.4 Å². The van der Waals surface area contributed by atoms with Gasteiger partial charge in [-0.2, -0.15) is 5.26 Å². The normalized spacial score (nSPS) is 15.1. The molecule has 2 rings (SSSR count). The molecule has 3 nitrogen and oxygen atoms in total. The molecule has 76 valence electrons. The van der Waals surface area contributed by atoms with E-state index in [1.54, 1.807) is 6.07 Å². The molecule has 3 N–H and O–H groups in total. The van der Waals surface area contributed by atoms with Crippen LogP contribution in [0.25, 0.3) is 0 Å². The number of anilines is 2. The molecule has 0 bridgehead atoms. The summed E-state index contributed by atoms with van der Waals surface area (Å²) in [6, 6.07) is 7.98. The molecular formula is C12H13N3. The molecule has 0 saturated carbocycles. The monoisotopic (exact) mass is 199 g/mol. The van der Waals surface area contributed by atoms with E-state index in [4.69, 9.17) is 11.0 Å². The van der Waals surface area contributed by atoms with Crippen molar-refractivity contribution in [1.29, 1.82) is 5.26 Å². The second-order valence-electron chi connectivity index (χ2n) is 3.70. The van der Waals surface area contributed by atoms with Crippen molar-refractivity contribution in [2.24, 2.45) is 0 Å². The third-order valence-corrected chi connectivity index (χ3v) is 2.55. The van der Waals surface area contributed by atoms with Crippen LogP contribution < -0.4 is 11.1 Å². The van der Waals surface area contributed by atoms with Gasteiger partial charge >= 0.3 is 0 Å². The SMILES string of the molecule is N#Cc1ccc(NC2CC=CC2)cc1N. The summed E-state index contributed by atoms with van der Waals surface area (Å²) in [6.07, 6.45) is 6.45. The van der Waals surface area contributed by atoms with Crippen LogP contribution in [0, 0.1) is 11.3 Å². The summed E-state index contributed by atoms with van der Waals surface area (Å²) in [5.41, 5.74) is 7.78. The Kier molecular flexibility index (Phi) is 2.59. The van der Waals surface area contributed by atoms with E-state index in [0.29, 0.717) is 17.3 Å². The second-order valence-corrected chi connectivity index (χ2v) is 3.70. The van der Waals surface area contributed by atoms with Crippen LogP contribution >= 0.6 is 0 Å². The molecular weight excluding hydrogens is 186 g/mol. The van der Waals surface area contributed by atoms with E-state index in [1.807, 2.05) is 12.1 Å². The molecule has 0 amide bonds. The Hall–Kier alpha value is -1.95. The average Bonchev–Trinajstić information content (AvgIpc) is 2.71. The van der Waals surface area contributed by atoms with E-state index in [-0.39, 0.29) is 0 Å². The quantitative estimate of drug-likeness (QED) is 0.567. The predicted molar refractivity (Wildman–Crippen MR) is 61.4 cm³/mol. The van der Waals surface area contributed by atoms with Gasteiger partial charge in [-0.25, -0.2) is 0 Å². The van der Waals surface area contributed by atoms with Gasteiger partial charge in [-0.1, -0.05) is 12.2 Å². The third-order valence-electron chi connectivity index (χ3n) is 2.55. The summed E-state index contributed by atoms with van der Waals surface area (Å²) < 4.78 is 0. The first-order valence-corrected chi connectivity index (χ1v) is 5.01. The zero-order chi connectivity index (χ0) is 10.7. The third kappa shape index (κ3) is 2.10. The van der Waals surface area contributed by atoms with Gasteiger partial charge in [0.15, 0.2) is 0 Å². The van der Waals surface area contributed by atoms with Gasteiger partial charge in [0.2, 0.25) is 0 Å². The van der Waals surface area contributed by atoms with E-state index in [2.05, 4.69) is 23.5 Å². The molecule has 0 radical (unpaired) electrons. The molecule has 0 spiro atoms. The van der Waals surface area contributed by atoms with Crippen molar-refractivity contribution in [2.75, 3.05) is 11.1 Å². The Labute approximate surface area is 89.2 Å². The Morgan fingerprint density at radius 3 is 2.67 bits per heavy atom. The molecule has 1 aromatic carbocycles. The van der Waals surface area contributed by atoms with Crippen LogP contribution in [-0.2, 0) is 0 Å². The number of hydrogen-bond acceptors (Lipinski definition) is 3. The van der Waals surface area contributed by atoms with E-state index >= 15 is 0 Å². The second kappa shape index (κ2) is 4.05. The summed E-state index contributed by atoms with van der Waals surface area (Å²) in [7, 11) is 0. The van der Waals surface area contributed by atoms with E-state index in [0.717, 1.165) is 18.5 Å². The minimum Gasteiger partial charge on any atom is -0.398 e. The van der Waals surface area contributed by atoms with Crippen LogP contribution in [0.4, 0.5) is 11.4 Å². The highest BCUT2D eigenvalue weighted by atomic mass is 14.9. The maximum absolute atomic E-state index is 8.73. The molecule has 1 aliphatic rings. The van der Waals surface area contributed by atoms with Crippen LogP contribution in [0.15, 0.2) is 30.4 Å². The van der Waals surface area contributed by atoms with Crippen LogP contribution in [0.3, 0.4) is 0 Å². The number of hydrogen-bond donors (Lipinski definition) is 2. The summed E-state index contributed by atoms with van der Waals surface area (Å²) in [4.78, 5) is 0. The number of benzene rings is 1. The smallest absolute Gasteiger partial charge is 0.101 e. The maximum Gasteiger partial charge on any atom is 0.101 e. The van der Waals surface area contributed by atoms with Crippen LogP contribution in [0.5, 0.6) is 0 Å². The molecule has 0 heterocycles. The van der Waals surface area contributed by atoms with Gasteiger partial charge in [-0.15, -0.1) is 0 Å². The fourth-order valence-electron chi connectivity index (χ4n) is 1.73. The number of nitrogens with two attached hydrogens (primary N) is 1. The van der Waals surface area contributed by atoms with Crippen LogP contribution in [-0.4, -0.2) is 6.04 Å². The number of nitrogen functional groups attached to an aromatic ring is 1. The fourth-order valence-corrected chi connectivity index (χ4v) is 1.73. The summed E-state index contributed by atoms with van der Waals surface area (Å²) in [6.45, 7) is 0. The summed E-state index contributed by atoms with van der Waals surface area (Å²) in [5.74, 6) is 0. The van der Waals surface area contributed by atoms with Gasteiger partial charge in [-0.3, -0.25) is 0 Å². The van der Waals surface area contributed by atoms with Gasteiger partial charge in [0, 0.05) is 11.7 Å². The zero-order valence-corrected chi connectivity index (χ0v) is 8.40. The molecule has 1 aromatic rings. The van der Waals surface area contributed by atoms with E-state index < -0.39 is 0 Å².